The highest BCUT2D eigenvalue weighted by atomic mass is 19.1. The standard InChI is InChI=1S/C16H14FNO3/c1-21-15-10-11(2-8-14(15)19)3-9-16(20)18-13-6-4-12(17)5-7-13/h2-10,19H,1H3,(H,18,20). The Kier molecular flexibility index (Phi) is 4.56. The van der Waals surface area contributed by atoms with Gasteiger partial charge in [-0.3, -0.25) is 4.79 Å². The summed E-state index contributed by atoms with van der Waals surface area (Å²) in [5, 5.41) is 12.1. The molecule has 0 aliphatic heterocycles. The Morgan fingerprint density at radius 2 is 1.95 bits per heavy atom. The van der Waals surface area contributed by atoms with Crippen molar-refractivity contribution in [3.63, 3.8) is 0 Å². The number of rotatable bonds is 4. The summed E-state index contributed by atoms with van der Waals surface area (Å²) < 4.78 is 17.7. The average Bonchev–Trinajstić information content (AvgIpc) is 2.49. The molecule has 0 heterocycles. The molecule has 0 saturated heterocycles. The van der Waals surface area contributed by atoms with E-state index in [2.05, 4.69) is 5.32 Å². The Bertz CT molecular complexity index is 666. The fraction of sp³-hybridized carbons (Fsp3) is 0.0625. The van der Waals surface area contributed by atoms with E-state index in [1.165, 1.54) is 43.5 Å². The molecule has 5 heteroatoms. The minimum absolute atomic E-state index is 0.0328. The van der Waals surface area contributed by atoms with Crippen LogP contribution in [0, 0.1) is 5.82 Å². The van der Waals surface area contributed by atoms with Gasteiger partial charge in [0, 0.05) is 11.8 Å². The van der Waals surface area contributed by atoms with Crippen LogP contribution in [0.15, 0.2) is 48.5 Å². The Hall–Kier alpha value is -2.82. The van der Waals surface area contributed by atoms with Crippen molar-refractivity contribution in [2.24, 2.45) is 0 Å². The van der Waals surface area contributed by atoms with Crippen LogP contribution in [0.1, 0.15) is 5.56 Å². The number of hydrogen-bond donors (Lipinski definition) is 2. The molecule has 0 aliphatic rings. The zero-order valence-electron chi connectivity index (χ0n) is 11.3. The Balaban J connectivity index is 2.03. The number of amides is 1. The van der Waals surface area contributed by atoms with E-state index in [9.17, 15) is 14.3 Å². The topological polar surface area (TPSA) is 58.6 Å². The van der Waals surface area contributed by atoms with Crippen molar-refractivity contribution in [3.05, 3.63) is 59.9 Å². The first kappa shape index (κ1) is 14.6. The van der Waals surface area contributed by atoms with E-state index in [0.29, 0.717) is 17.0 Å². The van der Waals surface area contributed by atoms with Crippen LogP contribution in [0.2, 0.25) is 0 Å². The second-order valence-electron chi connectivity index (χ2n) is 4.26. The second-order valence-corrected chi connectivity index (χ2v) is 4.26. The predicted octanol–water partition coefficient (Wildman–Crippen LogP) is 3.19. The quantitative estimate of drug-likeness (QED) is 0.849. The summed E-state index contributed by atoms with van der Waals surface area (Å²) in [6.45, 7) is 0. The first-order chi connectivity index (χ1) is 10.1. The predicted molar refractivity (Wildman–Crippen MR) is 78.7 cm³/mol. The fourth-order valence-electron chi connectivity index (χ4n) is 1.69. The molecule has 2 N–H and O–H groups in total. The number of nitrogens with one attached hydrogen (secondary N) is 1. The Labute approximate surface area is 121 Å². The van der Waals surface area contributed by atoms with E-state index in [1.54, 1.807) is 18.2 Å². The summed E-state index contributed by atoms with van der Waals surface area (Å²) in [4.78, 5) is 11.7. The maximum absolute atomic E-state index is 12.7. The first-order valence-electron chi connectivity index (χ1n) is 6.20. The van der Waals surface area contributed by atoms with Crippen LogP contribution in [0.4, 0.5) is 10.1 Å². The monoisotopic (exact) mass is 287 g/mol. The molecule has 0 atom stereocenters. The van der Waals surface area contributed by atoms with Crippen molar-refractivity contribution >= 4 is 17.7 Å². The van der Waals surface area contributed by atoms with Gasteiger partial charge < -0.3 is 15.2 Å². The van der Waals surface area contributed by atoms with Gasteiger partial charge in [-0.25, -0.2) is 4.39 Å². The SMILES string of the molecule is COc1cc(C=CC(=O)Nc2ccc(F)cc2)ccc1O. The second kappa shape index (κ2) is 6.56. The van der Waals surface area contributed by atoms with E-state index in [1.807, 2.05) is 0 Å². The summed E-state index contributed by atoms with van der Waals surface area (Å²) in [6, 6.07) is 10.2. The van der Waals surface area contributed by atoms with Crippen LogP contribution in [0.5, 0.6) is 11.5 Å². The van der Waals surface area contributed by atoms with Crippen LogP contribution >= 0.6 is 0 Å². The molecule has 2 rings (SSSR count). The van der Waals surface area contributed by atoms with Gasteiger partial charge in [-0.05, 0) is 48.0 Å². The van der Waals surface area contributed by atoms with E-state index in [0.717, 1.165) is 0 Å². The summed E-state index contributed by atoms with van der Waals surface area (Å²) in [5.41, 5.74) is 1.22. The van der Waals surface area contributed by atoms with Crippen LogP contribution in [0.25, 0.3) is 6.08 Å². The lowest BCUT2D eigenvalue weighted by Gasteiger charge is -2.04. The van der Waals surface area contributed by atoms with Crippen LogP contribution in [-0.4, -0.2) is 18.1 Å². The smallest absolute Gasteiger partial charge is 0.248 e. The van der Waals surface area contributed by atoms with E-state index in [4.69, 9.17) is 4.74 Å². The van der Waals surface area contributed by atoms with Crippen LogP contribution in [-0.2, 0) is 4.79 Å². The highest BCUT2D eigenvalue weighted by molar-refractivity contribution is 6.01. The zero-order chi connectivity index (χ0) is 15.2. The molecule has 0 saturated carbocycles. The maximum atomic E-state index is 12.7. The van der Waals surface area contributed by atoms with Gasteiger partial charge in [0.2, 0.25) is 5.91 Å². The molecule has 0 aromatic heterocycles. The lowest BCUT2D eigenvalue weighted by molar-refractivity contribution is -0.111. The number of methoxy groups -OCH3 is 1. The molecule has 108 valence electrons. The molecular formula is C16H14FNO3. The minimum Gasteiger partial charge on any atom is -0.504 e. The van der Waals surface area contributed by atoms with E-state index >= 15 is 0 Å². The van der Waals surface area contributed by atoms with Gasteiger partial charge in [0.15, 0.2) is 11.5 Å². The Morgan fingerprint density at radius 1 is 1.24 bits per heavy atom. The molecule has 4 nitrogen and oxygen atoms in total. The van der Waals surface area contributed by atoms with Gasteiger partial charge in [-0.15, -0.1) is 0 Å². The molecule has 0 bridgehead atoms. The molecule has 0 fully saturated rings. The van der Waals surface area contributed by atoms with Gasteiger partial charge in [0.1, 0.15) is 5.82 Å². The molecule has 0 unspecified atom stereocenters. The van der Waals surface area contributed by atoms with Gasteiger partial charge in [-0.2, -0.15) is 0 Å². The van der Waals surface area contributed by atoms with Crippen molar-refractivity contribution in [2.75, 3.05) is 12.4 Å². The summed E-state index contributed by atoms with van der Waals surface area (Å²) in [5.74, 6) is -0.338. The average molecular weight is 287 g/mol. The normalized spacial score (nSPS) is 10.6. The van der Waals surface area contributed by atoms with Crippen LogP contribution < -0.4 is 10.1 Å². The minimum atomic E-state index is -0.361. The third-order valence-corrected chi connectivity index (χ3v) is 2.74. The fourth-order valence-corrected chi connectivity index (χ4v) is 1.69. The number of anilines is 1. The molecule has 0 aliphatic carbocycles. The van der Waals surface area contributed by atoms with Crippen LogP contribution in [0.3, 0.4) is 0 Å². The van der Waals surface area contributed by atoms with Crippen molar-refractivity contribution < 1.29 is 19.0 Å². The molecule has 1 amide bonds. The first-order valence-corrected chi connectivity index (χ1v) is 6.20. The van der Waals surface area contributed by atoms with Crippen molar-refractivity contribution in [3.8, 4) is 11.5 Å². The summed E-state index contributed by atoms with van der Waals surface area (Å²) in [7, 11) is 1.45. The Morgan fingerprint density at radius 3 is 2.62 bits per heavy atom. The van der Waals surface area contributed by atoms with Gasteiger partial charge in [-0.1, -0.05) is 6.07 Å². The maximum Gasteiger partial charge on any atom is 0.248 e. The molecule has 0 spiro atoms. The van der Waals surface area contributed by atoms with Gasteiger partial charge >= 0.3 is 0 Å². The van der Waals surface area contributed by atoms with E-state index < -0.39 is 0 Å². The van der Waals surface area contributed by atoms with E-state index in [-0.39, 0.29) is 17.5 Å². The lowest BCUT2D eigenvalue weighted by Crippen LogP contribution is -2.07. The number of carbonyl (C=O) groups is 1. The highest BCUT2D eigenvalue weighted by Crippen LogP contribution is 2.26. The zero-order valence-corrected chi connectivity index (χ0v) is 11.3. The van der Waals surface area contributed by atoms with Gasteiger partial charge in [0.25, 0.3) is 0 Å². The van der Waals surface area contributed by atoms with Crippen molar-refractivity contribution in [2.45, 2.75) is 0 Å². The summed E-state index contributed by atoms with van der Waals surface area (Å²) in [6.07, 6.45) is 2.93. The largest absolute Gasteiger partial charge is 0.504 e. The number of benzene rings is 2. The molecule has 0 radical (unpaired) electrons. The number of aromatic hydroxyl groups is 1. The van der Waals surface area contributed by atoms with Crippen molar-refractivity contribution in [1.29, 1.82) is 0 Å². The lowest BCUT2D eigenvalue weighted by atomic mass is 10.2. The summed E-state index contributed by atoms with van der Waals surface area (Å²) >= 11 is 0. The number of phenolic OH excluding ortho intramolecular Hbond substituents is 1. The van der Waals surface area contributed by atoms with Crippen molar-refractivity contribution in [1.82, 2.24) is 0 Å². The third kappa shape index (κ3) is 4.07. The molecule has 21 heavy (non-hydrogen) atoms. The number of phenols is 1. The molecule has 2 aromatic carbocycles. The number of carbonyl (C=O) groups excluding carboxylic acids is 1. The van der Waals surface area contributed by atoms with Gasteiger partial charge in [0.05, 0.1) is 7.11 Å². The third-order valence-electron chi connectivity index (χ3n) is 2.74. The molecular weight excluding hydrogens is 273 g/mol. The number of halogens is 1. The number of hydrogen-bond acceptors (Lipinski definition) is 3. The highest BCUT2D eigenvalue weighted by Gasteiger charge is 2.02. The number of ether oxygens (including phenoxy) is 1. The molecule has 2 aromatic rings.